The minimum Gasteiger partial charge on any atom is -0.454 e. The number of benzene rings is 1. The maximum Gasteiger partial charge on any atom is 0.231 e. The molecular formula is C14H21N3O2. The Morgan fingerprint density at radius 1 is 1.16 bits per heavy atom. The fraction of sp³-hybridized carbons (Fsp3) is 0.571. The minimum atomic E-state index is 0.160. The van der Waals surface area contributed by atoms with E-state index in [1.54, 1.807) is 0 Å². The van der Waals surface area contributed by atoms with Crippen molar-refractivity contribution in [3.05, 3.63) is 23.8 Å². The summed E-state index contributed by atoms with van der Waals surface area (Å²) in [5.74, 6) is 1.72. The lowest BCUT2D eigenvalue weighted by atomic mass is 10.1. The second-order valence-electron chi connectivity index (χ2n) is 5.24. The normalized spacial score (nSPS) is 21.6. The van der Waals surface area contributed by atoms with Gasteiger partial charge in [-0.1, -0.05) is 6.07 Å². The maximum atomic E-state index is 5.90. The summed E-state index contributed by atoms with van der Waals surface area (Å²) in [5, 5.41) is 0. The van der Waals surface area contributed by atoms with Crippen LogP contribution >= 0.6 is 0 Å². The minimum absolute atomic E-state index is 0.160. The van der Waals surface area contributed by atoms with Crippen LogP contribution in [0.5, 0.6) is 11.5 Å². The second kappa shape index (κ2) is 5.36. The van der Waals surface area contributed by atoms with Gasteiger partial charge < -0.3 is 15.2 Å². The molecular weight excluding hydrogens is 242 g/mol. The molecule has 1 fully saturated rings. The molecule has 1 aromatic carbocycles. The highest BCUT2D eigenvalue weighted by molar-refractivity contribution is 5.44. The van der Waals surface area contributed by atoms with Gasteiger partial charge in [0, 0.05) is 32.7 Å². The lowest BCUT2D eigenvalue weighted by Crippen LogP contribution is -2.51. The monoisotopic (exact) mass is 263 g/mol. The molecule has 2 N–H and O–H groups in total. The van der Waals surface area contributed by atoms with Crippen LogP contribution in [-0.2, 0) is 6.54 Å². The van der Waals surface area contributed by atoms with E-state index in [1.165, 1.54) is 5.56 Å². The molecule has 5 heteroatoms. The summed E-state index contributed by atoms with van der Waals surface area (Å²) >= 11 is 0. The van der Waals surface area contributed by atoms with Crippen LogP contribution in [0.25, 0.3) is 0 Å². The van der Waals surface area contributed by atoms with Crippen molar-refractivity contribution >= 4 is 0 Å². The number of rotatable bonds is 3. The smallest absolute Gasteiger partial charge is 0.231 e. The lowest BCUT2D eigenvalue weighted by molar-refractivity contribution is 0.0999. The first kappa shape index (κ1) is 12.7. The first-order chi connectivity index (χ1) is 9.22. The van der Waals surface area contributed by atoms with Crippen LogP contribution in [0, 0.1) is 0 Å². The van der Waals surface area contributed by atoms with Gasteiger partial charge in [0.15, 0.2) is 11.5 Å². The lowest BCUT2D eigenvalue weighted by Gasteiger charge is -2.36. The number of ether oxygens (including phenoxy) is 2. The number of fused-ring (bicyclic) bond motifs is 1. The van der Waals surface area contributed by atoms with Crippen LogP contribution in [0.4, 0.5) is 0 Å². The molecule has 1 saturated heterocycles. The second-order valence-corrected chi connectivity index (χ2v) is 5.24. The van der Waals surface area contributed by atoms with Gasteiger partial charge >= 0.3 is 0 Å². The van der Waals surface area contributed by atoms with Crippen LogP contribution in [0.1, 0.15) is 12.5 Å². The topological polar surface area (TPSA) is 51.0 Å². The van der Waals surface area contributed by atoms with E-state index in [0.717, 1.165) is 44.2 Å². The molecule has 2 aliphatic heterocycles. The Hall–Kier alpha value is -1.30. The van der Waals surface area contributed by atoms with Gasteiger partial charge in [-0.2, -0.15) is 0 Å². The van der Waals surface area contributed by atoms with E-state index in [0.29, 0.717) is 6.79 Å². The molecule has 1 unspecified atom stereocenters. The van der Waals surface area contributed by atoms with Crippen LogP contribution < -0.4 is 15.2 Å². The zero-order valence-corrected chi connectivity index (χ0v) is 11.3. The Balaban J connectivity index is 1.58. The van der Waals surface area contributed by atoms with Crippen LogP contribution in [0.15, 0.2) is 18.2 Å². The first-order valence-corrected chi connectivity index (χ1v) is 6.83. The van der Waals surface area contributed by atoms with E-state index in [1.807, 2.05) is 13.0 Å². The molecule has 0 spiro atoms. The number of nitrogens with two attached hydrogens (primary N) is 1. The quantitative estimate of drug-likeness (QED) is 0.875. The van der Waals surface area contributed by atoms with Crippen LogP contribution in [0.2, 0.25) is 0 Å². The molecule has 0 radical (unpaired) electrons. The predicted octanol–water partition coefficient (Wildman–Crippen LogP) is 0.838. The molecule has 2 aliphatic rings. The van der Waals surface area contributed by atoms with E-state index >= 15 is 0 Å². The van der Waals surface area contributed by atoms with Crippen molar-refractivity contribution in [1.29, 1.82) is 0 Å². The maximum absolute atomic E-state index is 5.90. The van der Waals surface area contributed by atoms with Crippen molar-refractivity contribution in [2.24, 2.45) is 5.73 Å². The summed E-state index contributed by atoms with van der Waals surface area (Å²) in [4.78, 5) is 4.77. The number of nitrogens with zero attached hydrogens (tertiary/aromatic N) is 2. The average Bonchev–Trinajstić information content (AvgIpc) is 2.87. The standard InChI is InChI=1S/C14H21N3O2/c1-11(15)17-6-4-16(5-7-17)9-12-2-3-13-14(8-12)19-10-18-13/h2-3,8,11H,4-7,9-10,15H2,1H3. The highest BCUT2D eigenvalue weighted by atomic mass is 16.7. The number of piperazine rings is 1. The fourth-order valence-electron chi connectivity index (χ4n) is 2.63. The first-order valence-electron chi connectivity index (χ1n) is 6.83. The fourth-order valence-corrected chi connectivity index (χ4v) is 2.63. The van der Waals surface area contributed by atoms with Crippen molar-refractivity contribution in [3.63, 3.8) is 0 Å². The molecule has 2 heterocycles. The summed E-state index contributed by atoms with van der Waals surface area (Å²) in [6, 6.07) is 6.20. The molecule has 0 aliphatic carbocycles. The summed E-state index contributed by atoms with van der Waals surface area (Å²) in [6.07, 6.45) is 0.160. The Labute approximate surface area is 113 Å². The Morgan fingerprint density at radius 2 is 1.89 bits per heavy atom. The third-order valence-corrected chi connectivity index (χ3v) is 3.83. The van der Waals surface area contributed by atoms with Gasteiger partial charge in [-0.05, 0) is 24.6 Å². The van der Waals surface area contributed by atoms with Gasteiger partial charge in [0.2, 0.25) is 6.79 Å². The van der Waals surface area contributed by atoms with Crippen molar-refractivity contribution in [1.82, 2.24) is 9.80 Å². The average molecular weight is 263 g/mol. The number of hydrogen-bond acceptors (Lipinski definition) is 5. The number of hydrogen-bond donors (Lipinski definition) is 1. The van der Waals surface area contributed by atoms with Gasteiger partial charge in [-0.25, -0.2) is 0 Å². The Bertz CT molecular complexity index is 442. The third-order valence-electron chi connectivity index (χ3n) is 3.83. The van der Waals surface area contributed by atoms with Gasteiger partial charge in [-0.15, -0.1) is 0 Å². The molecule has 0 aromatic heterocycles. The van der Waals surface area contributed by atoms with E-state index in [9.17, 15) is 0 Å². The molecule has 0 amide bonds. The molecule has 0 saturated carbocycles. The van der Waals surface area contributed by atoms with Crippen molar-refractivity contribution in [2.75, 3.05) is 33.0 Å². The molecule has 1 atom stereocenters. The molecule has 0 bridgehead atoms. The largest absolute Gasteiger partial charge is 0.454 e. The van der Waals surface area contributed by atoms with Gasteiger partial charge in [0.25, 0.3) is 0 Å². The zero-order valence-electron chi connectivity index (χ0n) is 11.3. The summed E-state index contributed by atoms with van der Waals surface area (Å²) in [7, 11) is 0. The highest BCUT2D eigenvalue weighted by Gasteiger charge is 2.20. The SMILES string of the molecule is CC(N)N1CCN(Cc2ccc3c(c2)OCO3)CC1. The summed E-state index contributed by atoms with van der Waals surface area (Å²) < 4.78 is 10.7. The molecule has 5 nitrogen and oxygen atoms in total. The van der Waals surface area contributed by atoms with Crippen LogP contribution in [-0.4, -0.2) is 48.9 Å². The molecule has 104 valence electrons. The molecule has 1 aromatic rings. The van der Waals surface area contributed by atoms with Crippen molar-refractivity contribution in [2.45, 2.75) is 19.6 Å². The zero-order chi connectivity index (χ0) is 13.2. The van der Waals surface area contributed by atoms with Crippen LogP contribution in [0.3, 0.4) is 0 Å². The third kappa shape index (κ3) is 2.83. The summed E-state index contributed by atoms with van der Waals surface area (Å²) in [5.41, 5.74) is 7.18. The molecule has 19 heavy (non-hydrogen) atoms. The van der Waals surface area contributed by atoms with Crippen molar-refractivity contribution < 1.29 is 9.47 Å². The van der Waals surface area contributed by atoms with Gasteiger partial charge in [0.1, 0.15) is 0 Å². The Morgan fingerprint density at radius 3 is 2.63 bits per heavy atom. The highest BCUT2D eigenvalue weighted by Crippen LogP contribution is 2.32. The van der Waals surface area contributed by atoms with Gasteiger partial charge in [-0.3, -0.25) is 9.80 Å². The molecule has 3 rings (SSSR count). The predicted molar refractivity (Wildman–Crippen MR) is 73.1 cm³/mol. The van der Waals surface area contributed by atoms with Gasteiger partial charge in [0.05, 0.1) is 6.17 Å². The Kier molecular flexibility index (Phi) is 3.59. The van der Waals surface area contributed by atoms with E-state index in [2.05, 4.69) is 21.9 Å². The summed E-state index contributed by atoms with van der Waals surface area (Å²) in [6.45, 7) is 7.57. The van der Waals surface area contributed by atoms with Crippen molar-refractivity contribution in [3.8, 4) is 11.5 Å². The van der Waals surface area contributed by atoms with E-state index in [4.69, 9.17) is 15.2 Å². The van der Waals surface area contributed by atoms with E-state index < -0.39 is 0 Å². The van der Waals surface area contributed by atoms with E-state index in [-0.39, 0.29) is 6.17 Å².